The third-order valence-corrected chi connectivity index (χ3v) is 2.91. The van der Waals surface area contributed by atoms with Gasteiger partial charge in [0.25, 0.3) is 5.69 Å². The molecule has 0 saturated heterocycles. The van der Waals surface area contributed by atoms with Crippen molar-refractivity contribution in [1.29, 1.82) is 0 Å². The van der Waals surface area contributed by atoms with Gasteiger partial charge in [-0.3, -0.25) is 10.1 Å². The van der Waals surface area contributed by atoms with E-state index < -0.39 is 4.92 Å². The Morgan fingerprint density at radius 3 is 2.67 bits per heavy atom. The summed E-state index contributed by atoms with van der Waals surface area (Å²) in [6.07, 6.45) is 2.05. The van der Waals surface area contributed by atoms with Crippen LogP contribution in [-0.2, 0) is 0 Å². The van der Waals surface area contributed by atoms with Crippen LogP contribution in [0.2, 0.25) is 0 Å². The molecule has 116 valence electrons. The van der Waals surface area contributed by atoms with Crippen LogP contribution in [0.15, 0.2) is 17.4 Å². The van der Waals surface area contributed by atoms with Crippen LogP contribution in [-0.4, -0.2) is 60.1 Å². The monoisotopic (exact) mass is 296 g/mol. The second-order valence-electron chi connectivity index (χ2n) is 4.89. The Hall–Kier alpha value is -2.42. The molecule has 3 N–H and O–H groups in total. The molecular weight excluding hydrogens is 276 g/mol. The fourth-order valence-corrected chi connectivity index (χ4v) is 1.82. The molecule has 0 amide bonds. The van der Waals surface area contributed by atoms with E-state index >= 15 is 0 Å². The topological polar surface area (TPSA) is 121 Å². The lowest BCUT2D eigenvalue weighted by molar-refractivity contribution is -0.385. The van der Waals surface area contributed by atoms with Crippen LogP contribution in [0.4, 0.5) is 11.5 Å². The zero-order chi connectivity index (χ0) is 16.0. The van der Waals surface area contributed by atoms with Gasteiger partial charge in [0, 0.05) is 19.7 Å². The number of hydrogen-bond donors (Lipinski definition) is 2. The lowest BCUT2D eigenvalue weighted by Crippen LogP contribution is -2.27. The van der Waals surface area contributed by atoms with Gasteiger partial charge in [0.1, 0.15) is 12.0 Å². The van der Waals surface area contributed by atoms with Crippen LogP contribution in [0.3, 0.4) is 0 Å². The van der Waals surface area contributed by atoms with E-state index in [1.807, 2.05) is 19.0 Å². The van der Waals surface area contributed by atoms with Crippen molar-refractivity contribution in [3.8, 4) is 0 Å². The van der Waals surface area contributed by atoms with E-state index in [2.05, 4.69) is 15.0 Å². The van der Waals surface area contributed by atoms with E-state index in [4.69, 9.17) is 10.9 Å². The molecule has 0 saturated carbocycles. The molecule has 0 atom stereocenters. The molecule has 0 bridgehead atoms. The normalized spacial score (nSPS) is 11.7. The van der Waals surface area contributed by atoms with Crippen LogP contribution in [0.25, 0.3) is 0 Å². The Bertz CT molecular complexity index is 532. The fraction of sp³-hybridized carbons (Fsp3) is 0.500. The number of nitrogens with two attached hydrogens (primary N) is 1. The molecule has 0 fully saturated rings. The summed E-state index contributed by atoms with van der Waals surface area (Å²) in [4.78, 5) is 18.2. The second-order valence-corrected chi connectivity index (χ2v) is 4.89. The van der Waals surface area contributed by atoms with Gasteiger partial charge in [-0.25, -0.2) is 4.98 Å². The van der Waals surface area contributed by atoms with Crippen LogP contribution in [0.5, 0.6) is 0 Å². The number of oxime groups is 1. The van der Waals surface area contributed by atoms with Gasteiger partial charge >= 0.3 is 0 Å². The predicted octanol–water partition coefficient (Wildman–Crippen LogP) is 0.472. The second kappa shape index (κ2) is 7.39. The Labute approximate surface area is 122 Å². The van der Waals surface area contributed by atoms with Crippen LogP contribution >= 0.6 is 0 Å². The highest BCUT2D eigenvalue weighted by Crippen LogP contribution is 2.21. The lowest BCUT2D eigenvalue weighted by atomic mass is 10.2. The lowest BCUT2D eigenvalue weighted by Gasteiger charge is -2.21. The van der Waals surface area contributed by atoms with Gasteiger partial charge < -0.3 is 20.7 Å². The third kappa shape index (κ3) is 4.56. The molecule has 0 aliphatic rings. The van der Waals surface area contributed by atoms with E-state index in [9.17, 15) is 10.1 Å². The Morgan fingerprint density at radius 2 is 2.14 bits per heavy atom. The van der Waals surface area contributed by atoms with Crippen molar-refractivity contribution in [1.82, 2.24) is 9.88 Å². The van der Waals surface area contributed by atoms with E-state index in [1.54, 1.807) is 7.05 Å². The molecule has 1 aromatic rings. The summed E-state index contributed by atoms with van der Waals surface area (Å²) in [5.74, 6) is 0.232. The molecule has 0 radical (unpaired) electrons. The first kappa shape index (κ1) is 16.6. The first-order valence-electron chi connectivity index (χ1n) is 6.35. The summed E-state index contributed by atoms with van der Waals surface area (Å²) in [6, 6.07) is 1.25. The average molecular weight is 296 g/mol. The smallest absolute Gasteiger partial charge is 0.288 e. The summed E-state index contributed by atoms with van der Waals surface area (Å²) < 4.78 is 0. The molecule has 0 aromatic carbocycles. The Morgan fingerprint density at radius 1 is 1.48 bits per heavy atom. The molecule has 1 aromatic heterocycles. The summed E-state index contributed by atoms with van der Waals surface area (Å²) in [7, 11) is 5.76. The van der Waals surface area contributed by atoms with Crippen LogP contribution < -0.4 is 10.6 Å². The van der Waals surface area contributed by atoms with E-state index in [0.717, 1.165) is 19.2 Å². The summed E-state index contributed by atoms with van der Waals surface area (Å²) in [5.41, 5.74) is 5.61. The molecule has 9 nitrogen and oxygen atoms in total. The van der Waals surface area contributed by atoms with Gasteiger partial charge in [-0.15, -0.1) is 0 Å². The Balaban J connectivity index is 3.02. The number of nitro groups is 1. The van der Waals surface area contributed by atoms with E-state index in [0.29, 0.717) is 12.4 Å². The zero-order valence-corrected chi connectivity index (χ0v) is 12.4. The summed E-state index contributed by atoms with van der Waals surface area (Å²) >= 11 is 0. The number of rotatable bonds is 7. The molecule has 0 spiro atoms. The molecule has 0 aliphatic heterocycles. The number of anilines is 1. The van der Waals surface area contributed by atoms with Crippen molar-refractivity contribution in [2.75, 3.05) is 39.1 Å². The van der Waals surface area contributed by atoms with Gasteiger partial charge in [-0.2, -0.15) is 0 Å². The average Bonchev–Trinajstić information content (AvgIpc) is 2.45. The fourth-order valence-electron chi connectivity index (χ4n) is 1.82. The SMILES string of the molecule is CN(C)CCCN(C)c1ncc([N+](=O)[O-])cc1C(N)=NO. The maximum Gasteiger partial charge on any atom is 0.288 e. The number of pyridine rings is 1. The predicted molar refractivity (Wildman–Crippen MR) is 79.8 cm³/mol. The molecule has 0 aliphatic carbocycles. The first-order chi connectivity index (χ1) is 9.86. The molecule has 1 heterocycles. The summed E-state index contributed by atoms with van der Waals surface area (Å²) in [6.45, 7) is 1.59. The maximum atomic E-state index is 10.8. The highest BCUT2D eigenvalue weighted by atomic mass is 16.6. The molecule has 1 rings (SSSR count). The molecule has 21 heavy (non-hydrogen) atoms. The van der Waals surface area contributed by atoms with Gasteiger partial charge in [0.15, 0.2) is 5.84 Å². The van der Waals surface area contributed by atoms with Crippen molar-refractivity contribution in [3.05, 3.63) is 27.9 Å². The minimum atomic E-state index is -0.572. The Kier molecular flexibility index (Phi) is 5.85. The quantitative estimate of drug-likeness (QED) is 0.246. The number of amidine groups is 1. The van der Waals surface area contributed by atoms with Gasteiger partial charge in [-0.1, -0.05) is 5.16 Å². The third-order valence-electron chi connectivity index (χ3n) is 2.91. The maximum absolute atomic E-state index is 10.8. The summed E-state index contributed by atoms with van der Waals surface area (Å²) in [5, 5.41) is 22.5. The zero-order valence-electron chi connectivity index (χ0n) is 12.4. The minimum absolute atomic E-state index is 0.206. The van der Waals surface area contributed by atoms with Crippen molar-refractivity contribution in [2.24, 2.45) is 10.9 Å². The molecular formula is C12H20N6O3. The minimum Gasteiger partial charge on any atom is -0.409 e. The van der Waals surface area contributed by atoms with Gasteiger partial charge in [0.2, 0.25) is 0 Å². The highest BCUT2D eigenvalue weighted by Gasteiger charge is 2.18. The molecule has 0 unspecified atom stereocenters. The molecule has 9 heteroatoms. The van der Waals surface area contributed by atoms with Crippen LogP contribution in [0, 0.1) is 10.1 Å². The van der Waals surface area contributed by atoms with Crippen molar-refractivity contribution >= 4 is 17.3 Å². The number of hydrogen-bond acceptors (Lipinski definition) is 7. The standard InChI is InChI=1S/C12H20N6O3/c1-16(2)5-4-6-17(3)12-10(11(13)15-19)7-9(8-14-12)18(20)21/h7-8,19H,4-6H2,1-3H3,(H2,13,15). The van der Waals surface area contributed by atoms with Crippen molar-refractivity contribution in [2.45, 2.75) is 6.42 Å². The van der Waals surface area contributed by atoms with E-state index in [-0.39, 0.29) is 17.1 Å². The van der Waals surface area contributed by atoms with Crippen molar-refractivity contribution in [3.63, 3.8) is 0 Å². The van der Waals surface area contributed by atoms with Gasteiger partial charge in [-0.05, 0) is 27.1 Å². The largest absolute Gasteiger partial charge is 0.409 e. The first-order valence-corrected chi connectivity index (χ1v) is 6.35. The van der Waals surface area contributed by atoms with Gasteiger partial charge in [0.05, 0.1) is 10.5 Å². The number of aromatic nitrogens is 1. The number of nitrogens with zero attached hydrogens (tertiary/aromatic N) is 5. The van der Waals surface area contributed by atoms with E-state index in [1.165, 1.54) is 6.07 Å². The van der Waals surface area contributed by atoms with Crippen molar-refractivity contribution < 1.29 is 10.1 Å². The van der Waals surface area contributed by atoms with Crippen LogP contribution in [0.1, 0.15) is 12.0 Å². The highest BCUT2D eigenvalue weighted by molar-refractivity contribution is 6.01.